The summed E-state index contributed by atoms with van der Waals surface area (Å²) in [6.45, 7) is 1.27. The molecule has 0 bridgehead atoms. The lowest BCUT2D eigenvalue weighted by atomic mass is 10.2. The van der Waals surface area contributed by atoms with Crippen LogP contribution in [0.4, 0.5) is 10.1 Å². The fourth-order valence-electron chi connectivity index (χ4n) is 1.77. The van der Waals surface area contributed by atoms with Crippen LogP contribution in [0.2, 0.25) is 5.02 Å². The number of ether oxygens (including phenoxy) is 1. The van der Waals surface area contributed by atoms with Crippen LogP contribution in [0.25, 0.3) is 0 Å². The van der Waals surface area contributed by atoms with Crippen LogP contribution in [-0.4, -0.2) is 10.0 Å². The summed E-state index contributed by atoms with van der Waals surface area (Å²) in [4.78, 5) is 10.1. The minimum atomic E-state index is -0.838. The fraction of sp³-hybridized carbons (Fsp3) is 0.143. The molecule has 0 aliphatic carbocycles. The molecule has 2 aromatic carbocycles. The van der Waals surface area contributed by atoms with E-state index >= 15 is 0 Å². The van der Waals surface area contributed by atoms with E-state index in [-0.39, 0.29) is 34.4 Å². The molecule has 0 unspecified atom stereocenters. The average molecular weight is 312 g/mol. The first-order valence-electron chi connectivity index (χ1n) is 5.94. The zero-order chi connectivity index (χ0) is 15.6. The Hall–Kier alpha value is -2.18. The number of nitro benzene ring substituents is 1. The van der Waals surface area contributed by atoms with Gasteiger partial charge in [-0.25, -0.2) is 4.39 Å². The Kier molecular flexibility index (Phi) is 4.40. The standard InChI is InChI=1S/C14H11ClFNO4/c1-8-4-14(12(16)6-13(8)17(19)20)21-10-3-2-9(7-18)11(15)5-10/h2-6,18H,7H2,1H3. The van der Waals surface area contributed by atoms with Gasteiger partial charge >= 0.3 is 0 Å². The summed E-state index contributed by atoms with van der Waals surface area (Å²) in [5, 5.41) is 20.0. The quantitative estimate of drug-likeness (QED) is 0.684. The molecule has 0 saturated heterocycles. The fourth-order valence-corrected chi connectivity index (χ4v) is 2.00. The largest absolute Gasteiger partial charge is 0.454 e. The molecule has 1 N–H and O–H groups in total. The number of nitrogens with zero attached hydrogens (tertiary/aromatic N) is 1. The first kappa shape index (κ1) is 15.2. The van der Waals surface area contributed by atoms with Gasteiger partial charge in [-0.3, -0.25) is 10.1 Å². The molecule has 0 heterocycles. The van der Waals surface area contributed by atoms with Crippen molar-refractivity contribution in [3.63, 3.8) is 0 Å². The van der Waals surface area contributed by atoms with Crippen LogP contribution in [0.5, 0.6) is 11.5 Å². The summed E-state index contributed by atoms with van der Waals surface area (Å²) in [7, 11) is 0. The van der Waals surface area contributed by atoms with Crippen molar-refractivity contribution in [3.8, 4) is 11.5 Å². The number of hydrogen-bond acceptors (Lipinski definition) is 4. The second-order valence-electron chi connectivity index (χ2n) is 4.34. The van der Waals surface area contributed by atoms with Crippen molar-refractivity contribution in [1.82, 2.24) is 0 Å². The Bertz CT molecular complexity index is 706. The van der Waals surface area contributed by atoms with E-state index in [0.29, 0.717) is 5.56 Å². The monoisotopic (exact) mass is 311 g/mol. The van der Waals surface area contributed by atoms with E-state index in [9.17, 15) is 14.5 Å². The van der Waals surface area contributed by atoms with Crippen LogP contribution < -0.4 is 4.74 Å². The van der Waals surface area contributed by atoms with E-state index in [2.05, 4.69) is 0 Å². The Morgan fingerprint density at radius 1 is 1.38 bits per heavy atom. The molecule has 2 rings (SSSR count). The lowest BCUT2D eigenvalue weighted by Crippen LogP contribution is -1.96. The molecule has 0 aliphatic rings. The van der Waals surface area contributed by atoms with Crippen molar-refractivity contribution < 1.29 is 19.2 Å². The van der Waals surface area contributed by atoms with Crippen molar-refractivity contribution in [1.29, 1.82) is 0 Å². The van der Waals surface area contributed by atoms with Crippen molar-refractivity contribution >= 4 is 17.3 Å². The van der Waals surface area contributed by atoms with Gasteiger partial charge in [-0.15, -0.1) is 0 Å². The number of hydrogen-bond donors (Lipinski definition) is 1. The molecule has 110 valence electrons. The molecule has 0 aliphatic heterocycles. The van der Waals surface area contributed by atoms with Gasteiger partial charge in [0, 0.05) is 10.6 Å². The normalized spacial score (nSPS) is 10.5. The van der Waals surface area contributed by atoms with Gasteiger partial charge in [0.2, 0.25) is 0 Å². The molecule has 0 amide bonds. The molecular weight excluding hydrogens is 301 g/mol. The third kappa shape index (κ3) is 3.29. The third-order valence-electron chi connectivity index (χ3n) is 2.87. The first-order valence-corrected chi connectivity index (χ1v) is 6.32. The number of halogens is 2. The SMILES string of the molecule is Cc1cc(Oc2ccc(CO)c(Cl)c2)c(F)cc1[N+](=O)[O-]. The zero-order valence-corrected chi connectivity index (χ0v) is 11.7. The van der Waals surface area contributed by atoms with Crippen LogP contribution in [0, 0.1) is 22.9 Å². The summed E-state index contributed by atoms with van der Waals surface area (Å²) < 4.78 is 19.2. The molecular formula is C14H11ClFNO4. The van der Waals surface area contributed by atoms with Gasteiger partial charge in [-0.1, -0.05) is 17.7 Å². The molecule has 7 heteroatoms. The first-order chi connectivity index (χ1) is 9.92. The summed E-state index contributed by atoms with van der Waals surface area (Å²) in [5.41, 5.74) is 0.493. The maximum Gasteiger partial charge on any atom is 0.275 e. The van der Waals surface area contributed by atoms with Crippen molar-refractivity contribution in [3.05, 3.63) is 62.4 Å². The van der Waals surface area contributed by atoms with Crippen LogP contribution in [0.15, 0.2) is 30.3 Å². The number of aliphatic hydroxyl groups excluding tert-OH is 1. The summed E-state index contributed by atoms with van der Waals surface area (Å²) in [5.74, 6) is -0.704. The van der Waals surface area contributed by atoms with Crippen molar-refractivity contribution in [2.24, 2.45) is 0 Å². The van der Waals surface area contributed by atoms with Gasteiger partial charge in [-0.05, 0) is 30.7 Å². The summed E-state index contributed by atoms with van der Waals surface area (Å²) in [6.07, 6.45) is 0. The van der Waals surface area contributed by atoms with Crippen molar-refractivity contribution in [2.75, 3.05) is 0 Å². The highest BCUT2D eigenvalue weighted by Crippen LogP contribution is 2.32. The Balaban J connectivity index is 2.34. The summed E-state index contributed by atoms with van der Waals surface area (Å²) >= 11 is 5.91. The predicted molar refractivity (Wildman–Crippen MR) is 75.2 cm³/mol. The third-order valence-corrected chi connectivity index (χ3v) is 3.22. The minimum absolute atomic E-state index is 0.133. The Labute approximate surface area is 124 Å². The molecule has 0 atom stereocenters. The molecule has 0 fully saturated rings. The highest BCUT2D eigenvalue weighted by atomic mass is 35.5. The molecule has 5 nitrogen and oxygen atoms in total. The number of aryl methyl sites for hydroxylation is 1. The molecule has 0 saturated carbocycles. The van der Waals surface area contributed by atoms with Gasteiger partial charge in [0.05, 0.1) is 17.6 Å². The lowest BCUT2D eigenvalue weighted by Gasteiger charge is -2.09. The highest BCUT2D eigenvalue weighted by molar-refractivity contribution is 6.31. The molecule has 0 aromatic heterocycles. The van der Waals surface area contributed by atoms with Gasteiger partial charge in [0.15, 0.2) is 11.6 Å². The highest BCUT2D eigenvalue weighted by Gasteiger charge is 2.17. The van der Waals surface area contributed by atoms with Gasteiger partial charge in [0.25, 0.3) is 5.69 Å². The number of rotatable bonds is 4. The topological polar surface area (TPSA) is 72.6 Å². The van der Waals surface area contributed by atoms with Crippen LogP contribution in [0.1, 0.15) is 11.1 Å². The van der Waals surface area contributed by atoms with Crippen LogP contribution in [-0.2, 0) is 6.61 Å². The second-order valence-corrected chi connectivity index (χ2v) is 4.75. The molecule has 0 spiro atoms. The second kappa shape index (κ2) is 6.07. The number of aliphatic hydroxyl groups is 1. The number of benzene rings is 2. The van der Waals surface area contributed by atoms with Gasteiger partial charge < -0.3 is 9.84 Å². The lowest BCUT2D eigenvalue weighted by molar-refractivity contribution is -0.385. The van der Waals surface area contributed by atoms with E-state index < -0.39 is 10.7 Å². The maximum atomic E-state index is 13.8. The average Bonchev–Trinajstić information content (AvgIpc) is 2.42. The van der Waals surface area contributed by atoms with Gasteiger partial charge in [-0.2, -0.15) is 0 Å². The van der Waals surface area contributed by atoms with Gasteiger partial charge in [0.1, 0.15) is 5.75 Å². The minimum Gasteiger partial charge on any atom is -0.454 e. The zero-order valence-electron chi connectivity index (χ0n) is 11.0. The smallest absolute Gasteiger partial charge is 0.275 e. The van der Waals surface area contributed by atoms with E-state index in [0.717, 1.165) is 6.07 Å². The van der Waals surface area contributed by atoms with Crippen molar-refractivity contribution in [2.45, 2.75) is 13.5 Å². The Morgan fingerprint density at radius 3 is 2.67 bits per heavy atom. The maximum absolute atomic E-state index is 13.8. The molecule has 0 radical (unpaired) electrons. The van der Waals surface area contributed by atoms with E-state index in [1.807, 2.05) is 0 Å². The van der Waals surface area contributed by atoms with E-state index in [4.69, 9.17) is 21.4 Å². The van der Waals surface area contributed by atoms with Crippen LogP contribution >= 0.6 is 11.6 Å². The molecule has 21 heavy (non-hydrogen) atoms. The van der Waals surface area contributed by atoms with Crippen LogP contribution in [0.3, 0.4) is 0 Å². The Morgan fingerprint density at radius 2 is 2.10 bits per heavy atom. The summed E-state index contributed by atoms with van der Waals surface area (Å²) in [6, 6.07) is 6.57. The number of nitro groups is 1. The van der Waals surface area contributed by atoms with E-state index in [1.54, 1.807) is 6.07 Å². The van der Waals surface area contributed by atoms with E-state index in [1.165, 1.54) is 25.1 Å². The predicted octanol–water partition coefficient (Wildman–Crippen LogP) is 3.98. The molecule has 2 aromatic rings.